The summed E-state index contributed by atoms with van der Waals surface area (Å²) in [6, 6.07) is 3.07. The minimum absolute atomic E-state index is 0.00501. The van der Waals surface area contributed by atoms with Crippen LogP contribution in [0.3, 0.4) is 0 Å². The van der Waals surface area contributed by atoms with E-state index < -0.39 is 5.97 Å². The van der Waals surface area contributed by atoms with Crippen LogP contribution in [-0.4, -0.2) is 28.9 Å². The Kier molecular flexibility index (Phi) is 2.89. The molecule has 2 N–H and O–H groups in total. The molecule has 3 aliphatic carbocycles. The number of hydrogen-bond acceptors (Lipinski definition) is 5. The van der Waals surface area contributed by atoms with E-state index in [2.05, 4.69) is 10.4 Å². The number of nitrogens with one attached hydrogen (secondary N) is 1. The Morgan fingerprint density at radius 1 is 1.38 bits per heavy atom. The minimum atomic E-state index is -1.09. The number of hydrazine groups is 1. The molecule has 7 heteroatoms. The largest absolute Gasteiger partial charge is 0.478 e. The van der Waals surface area contributed by atoms with Crippen molar-refractivity contribution in [2.45, 2.75) is 31.9 Å². The number of hydrogen-bond donors (Lipinski definition) is 2. The number of halogens is 1. The maximum atomic E-state index is 11.0. The van der Waals surface area contributed by atoms with E-state index in [1.165, 1.54) is 31.7 Å². The van der Waals surface area contributed by atoms with Crippen LogP contribution < -0.4 is 10.4 Å². The van der Waals surface area contributed by atoms with Gasteiger partial charge < -0.3 is 9.84 Å². The van der Waals surface area contributed by atoms with Gasteiger partial charge in [-0.1, -0.05) is 11.6 Å². The van der Waals surface area contributed by atoms with Crippen LogP contribution in [0.15, 0.2) is 24.4 Å². The molecule has 1 aromatic rings. The fourth-order valence-corrected chi connectivity index (χ4v) is 4.89. The zero-order valence-electron chi connectivity index (χ0n) is 13.0. The van der Waals surface area contributed by atoms with E-state index in [-0.39, 0.29) is 16.9 Å². The third-order valence-electron chi connectivity index (χ3n) is 6.25. The second-order valence-electron chi connectivity index (χ2n) is 7.27. The molecule has 1 unspecified atom stereocenters. The van der Waals surface area contributed by atoms with Crippen LogP contribution in [0.2, 0.25) is 5.15 Å². The Balaban J connectivity index is 1.20. The summed E-state index contributed by atoms with van der Waals surface area (Å²) < 4.78 is 6.03. The van der Waals surface area contributed by atoms with Gasteiger partial charge in [-0.2, -0.15) is 5.43 Å². The molecule has 3 saturated carbocycles. The number of anilines is 1. The first-order valence-corrected chi connectivity index (χ1v) is 8.69. The van der Waals surface area contributed by atoms with Crippen LogP contribution in [0.5, 0.6) is 0 Å². The fourth-order valence-electron chi connectivity index (χ4n) is 4.66. The molecule has 1 aromatic heterocycles. The van der Waals surface area contributed by atoms with E-state index in [4.69, 9.17) is 21.4 Å². The fraction of sp³-hybridized carbons (Fsp3) is 0.529. The average molecular weight is 348 g/mol. The standard InChI is InChI=1S/C17H18ClN3O3/c18-14-10(15(22)23)1-2-12(19-14)21-8-3-13(20-21)24-9-11-16(4-5-16)17(11)6-7-17/h1-3,8,11,13,20H,4-7,9H2,(H,22,23). The number of ether oxygens (including phenoxy) is 1. The number of aromatic carboxylic acids is 1. The first kappa shape index (κ1) is 14.7. The zero-order chi connectivity index (χ0) is 16.5. The van der Waals surface area contributed by atoms with E-state index in [0.717, 1.165) is 12.5 Å². The van der Waals surface area contributed by atoms with Crippen LogP contribution in [0, 0.1) is 16.7 Å². The maximum Gasteiger partial charge on any atom is 0.338 e. The molecule has 0 saturated heterocycles. The van der Waals surface area contributed by atoms with Gasteiger partial charge in [-0.3, -0.25) is 5.01 Å². The van der Waals surface area contributed by atoms with Gasteiger partial charge in [0, 0.05) is 6.20 Å². The quantitative estimate of drug-likeness (QED) is 0.798. The molecule has 5 rings (SSSR count). The Morgan fingerprint density at radius 2 is 2.08 bits per heavy atom. The molecule has 0 amide bonds. The highest BCUT2D eigenvalue weighted by molar-refractivity contribution is 6.32. The highest BCUT2D eigenvalue weighted by Crippen LogP contribution is 2.92. The summed E-state index contributed by atoms with van der Waals surface area (Å²) in [5.41, 5.74) is 4.49. The SMILES string of the molecule is O=C(O)c1ccc(N2C=CC(OCC3C4(CC4)C34CC4)N2)nc1Cl. The molecule has 0 radical (unpaired) electrons. The van der Waals surface area contributed by atoms with Gasteiger partial charge >= 0.3 is 5.97 Å². The predicted molar refractivity (Wildman–Crippen MR) is 87.5 cm³/mol. The highest BCUT2D eigenvalue weighted by atomic mass is 35.5. The van der Waals surface area contributed by atoms with E-state index in [0.29, 0.717) is 16.6 Å². The number of nitrogens with zero attached hydrogens (tertiary/aromatic N) is 2. The molecule has 1 atom stereocenters. The van der Waals surface area contributed by atoms with Gasteiger partial charge in [-0.05, 0) is 60.6 Å². The number of rotatable bonds is 5. The van der Waals surface area contributed by atoms with E-state index in [1.807, 2.05) is 12.3 Å². The lowest BCUT2D eigenvalue weighted by Crippen LogP contribution is -2.37. The van der Waals surface area contributed by atoms with Gasteiger partial charge in [0.2, 0.25) is 0 Å². The van der Waals surface area contributed by atoms with Crippen molar-refractivity contribution in [2.24, 2.45) is 16.7 Å². The van der Waals surface area contributed by atoms with Crippen LogP contribution in [-0.2, 0) is 4.74 Å². The van der Waals surface area contributed by atoms with Crippen molar-refractivity contribution < 1.29 is 14.6 Å². The van der Waals surface area contributed by atoms with Gasteiger partial charge in [0.25, 0.3) is 0 Å². The van der Waals surface area contributed by atoms with Crippen molar-refractivity contribution in [3.63, 3.8) is 0 Å². The number of fused-ring (bicyclic) bond motifs is 1. The molecule has 6 nitrogen and oxygen atoms in total. The van der Waals surface area contributed by atoms with E-state index in [9.17, 15) is 4.79 Å². The zero-order valence-corrected chi connectivity index (χ0v) is 13.8. The summed E-state index contributed by atoms with van der Waals surface area (Å²) in [6.45, 7) is 0.808. The van der Waals surface area contributed by atoms with Gasteiger partial charge in [0.1, 0.15) is 17.2 Å². The lowest BCUT2D eigenvalue weighted by Gasteiger charge is -2.19. The van der Waals surface area contributed by atoms with Crippen molar-refractivity contribution >= 4 is 23.4 Å². The highest BCUT2D eigenvalue weighted by Gasteiger charge is 2.86. The van der Waals surface area contributed by atoms with Crippen LogP contribution in [0.4, 0.5) is 5.82 Å². The lowest BCUT2D eigenvalue weighted by molar-refractivity contribution is 0.0550. The molecule has 0 bridgehead atoms. The Bertz CT molecular complexity index is 739. The predicted octanol–water partition coefficient (Wildman–Crippen LogP) is 2.80. The summed E-state index contributed by atoms with van der Waals surface area (Å²) in [5, 5.41) is 10.7. The minimum Gasteiger partial charge on any atom is -0.478 e. The third-order valence-corrected chi connectivity index (χ3v) is 6.54. The number of carboxylic acid groups (broad SMARTS) is 1. The molecular formula is C17H18ClN3O3. The van der Waals surface area contributed by atoms with Gasteiger partial charge in [0.05, 0.1) is 12.2 Å². The van der Waals surface area contributed by atoms with Crippen LogP contribution in [0.25, 0.3) is 0 Å². The summed E-state index contributed by atoms with van der Waals surface area (Å²) in [6.07, 6.45) is 9.13. The summed E-state index contributed by atoms with van der Waals surface area (Å²) in [7, 11) is 0. The van der Waals surface area contributed by atoms with Crippen molar-refractivity contribution in [2.75, 3.05) is 11.6 Å². The number of carboxylic acids is 1. The Hall–Kier alpha value is -1.63. The van der Waals surface area contributed by atoms with E-state index >= 15 is 0 Å². The third kappa shape index (κ3) is 1.96. The number of pyridine rings is 1. The molecule has 2 heterocycles. The summed E-state index contributed by atoms with van der Waals surface area (Å²) >= 11 is 5.93. The molecule has 126 valence electrons. The van der Waals surface area contributed by atoms with Gasteiger partial charge in [-0.15, -0.1) is 0 Å². The molecule has 4 aliphatic rings. The van der Waals surface area contributed by atoms with Crippen molar-refractivity contribution in [1.29, 1.82) is 0 Å². The van der Waals surface area contributed by atoms with Crippen LogP contribution >= 0.6 is 11.6 Å². The molecule has 2 spiro atoms. The van der Waals surface area contributed by atoms with E-state index in [1.54, 1.807) is 11.1 Å². The van der Waals surface area contributed by atoms with Gasteiger partial charge in [0.15, 0.2) is 0 Å². The lowest BCUT2D eigenvalue weighted by atomic mass is 10.3. The normalized spacial score (nSPS) is 27.9. The summed E-state index contributed by atoms with van der Waals surface area (Å²) in [5.74, 6) is 0.199. The topological polar surface area (TPSA) is 74.7 Å². The second kappa shape index (κ2) is 4.71. The van der Waals surface area contributed by atoms with Crippen molar-refractivity contribution in [3.05, 3.63) is 35.1 Å². The monoisotopic (exact) mass is 347 g/mol. The summed E-state index contributed by atoms with van der Waals surface area (Å²) in [4.78, 5) is 15.1. The average Bonchev–Trinajstić information content (AvgIpc) is 3.50. The Labute approximate surface area is 144 Å². The molecule has 1 aliphatic heterocycles. The molecular weight excluding hydrogens is 330 g/mol. The first-order valence-electron chi connectivity index (χ1n) is 8.31. The smallest absolute Gasteiger partial charge is 0.338 e. The Morgan fingerprint density at radius 3 is 2.67 bits per heavy atom. The first-order chi connectivity index (χ1) is 11.6. The molecule has 24 heavy (non-hydrogen) atoms. The van der Waals surface area contributed by atoms with Crippen molar-refractivity contribution in [3.8, 4) is 0 Å². The molecule has 0 aromatic carbocycles. The number of aromatic nitrogens is 1. The second-order valence-corrected chi connectivity index (χ2v) is 7.63. The van der Waals surface area contributed by atoms with Gasteiger partial charge in [-0.25, -0.2) is 9.78 Å². The van der Waals surface area contributed by atoms with Crippen molar-refractivity contribution in [1.82, 2.24) is 10.4 Å². The molecule has 3 fully saturated rings. The van der Waals surface area contributed by atoms with Crippen LogP contribution in [0.1, 0.15) is 36.0 Å². The maximum absolute atomic E-state index is 11.0. The number of carbonyl (C=O) groups is 1.